The summed E-state index contributed by atoms with van der Waals surface area (Å²) in [6.07, 6.45) is 0. The molecule has 2 aromatic carbocycles. The number of hydrogen-bond acceptors (Lipinski definition) is 4. The van der Waals surface area contributed by atoms with Crippen molar-refractivity contribution in [3.63, 3.8) is 0 Å². The van der Waals surface area contributed by atoms with Crippen LogP contribution in [0.2, 0.25) is 0 Å². The first-order valence-corrected chi connectivity index (χ1v) is 9.34. The number of carbonyl (C=O) groups excluding carboxylic acids is 1. The summed E-state index contributed by atoms with van der Waals surface area (Å²) in [5, 5.41) is 5.45. The minimum atomic E-state index is 0.145. The number of nitrogens with one attached hydrogen (secondary N) is 1. The summed E-state index contributed by atoms with van der Waals surface area (Å²) in [5.41, 5.74) is 4.09. The van der Waals surface area contributed by atoms with Gasteiger partial charge in [0.25, 0.3) is 0 Å². The molecule has 0 amide bonds. The maximum atomic E-state index is 13.0. The maximum absolute atomic E-state index is 13.0. The molecule has 1 N–H and O–H groups in total. The number of thiophene rings is 1. The predicted octanol–water partition coefficient (Wildman–Crippen LogP) is 5.20. The Balaban J connectivity index is 1.69. The third-order valence-electron chi connectivity index (χ3n) is 3.92. The Hall–Kier alpha value is -2.04. The summed E-state index contributed by atoms with van der Waals surface area (Å²) >= 11 is 3.29. The van der Waals surface area contributed by atoms with Crippen molar-refractivity contribution in [1.29, 1.82) is 0 Å². The summed E-state index contributed by atoms with van der Waals surface area (Å²) in [4.78, 5) is 14.9. The summed E-state index contributed by atoms with van der Waals surface area (Å²) in [6.45, 7) is 0.715. The van der Waals surface area contributed by atoms with E-state index in [-0.39, 0.29) is 5.78 Å². The summed E-state index contributed by atoms with van der Waals surface area (Å²) in [6, 6.07) is 18.4. The number of carbonyl (C=O) groups is 1. The molecule has 1 aromatic heterocycles. The van der Waals surface area contributed by atoms with Crippen LogP contribution in [-0.2, 0) is 12.3 Å². The van der Waals surface area contributed by atoms with Gasteiger partial charge in [0, 0.05) is 22.9 Å². The molecule has 0 aliphatic carbocycles. The highest BCUT2D eigenvalue weighted by Gasteiger charge is 2.25. The third-order valence-corrected chi connectivity index (χ3v) is 5.98. The van der Waals surface area contributed by atoms with E-state index in [1.807, 2.05) is 41.8 Å². The van der Waals surface area contributed by atoms with Crippen molar-refractivity contribution in [1.82, 2.24) is 0 Å². The van der Waals surface area contributed by atoms with Gasteiger partial charge in [0.2, 0.25) is 5.78 Å². The van der Waals surface area contributed by atoms with Crippen molar-refractivity contribution in [2.24, 2.45) is 0 Å². The predicted molar refractivity (Wildman–Crippen MR) is 97.5 cm³/mol. The normalized spacial score (nSPS) is 13.1. The van der Waals surface area contributed by atoms with Gasteiger partial charge in [-0.05, 0) is 34.7 Å². The number of benzene rings is 2. The second-order valence-corrected chi connectivity index (χ2v) is 7.34. The summed E-state index contributed by atoms with van der Waals surface area (Å²) < 4.78 is 0. The van der Waals surface area contributed by atoms with Gasteiger partial charge in [-0.1, -0.05) is 36.4 Å². The molecular formula is C19H15NOS2. The molecule has 0 unspecified atom stereocenters. The third kappa shape index (κ3) is 2.80. The molecule has 0 radical (unpaired) electrons. The van der Waals surface area contributed by atoms with Gasteiger partial charge in [0.15, 0.2) is 0 Å². The largest absolute Gasteiger partial charge is 0.380 e. The molecule has 0 atom stereocenters. The highest BCUT2D eigenvalue weighted by Crippen LogP contribution is 2.39. The van der Waals surface area contributed by atoms with E-state index in [0.29, 0.717) is 6.54 Å². The average molecular weight is 337 g/mol. The molecule has 1 aliphatic rings. The Kier molecular flexibility index (Phi) is 3.93. The lowest BCUT2D eigenvalue weighted by atomic mass is 10.0. The maximum Gasteiger partial charge on any atom is 0.206 e. The standard InChI is InChI=1S/C19H15NOS2/c21-18-17-15(20-11-13-5-2-1-3-6-13)7-4-8-16(17)23-12-14-9-10-22-19(14)18/h1-10,20H,11-12H2. The monoisotopic (exact) mass is 337 g/mol. The Morgan fingerprint density at radius 2 is 1.87 bits per heavy atom. The zero-order valence-corrected chi connectivity index (χ0v) is 14.0. The second-order valence-electron chi connectivity index (χ2n) is 5.41. The molecule has 0 fully saturated rings. The van der Waals surface area contributed by atoms with E-state index in [1.165, 1.54) is 5.56 Å². The van der Waals surface area contributed by atoms with Crippen LogP contribution in [0.4, 0.5) is 5.69 Å². The molecular weight excluding hydrogens is 322 g/mol. The molecule has 0 spiro atoms. The van der Waals surface area contributed by atoms with Crippen LogP contribution in [0.3, 0.4) is 0 Å². The fourth-order valence-corrected chi connectivity index (χ4v) is 4.78. The summed E-state index contributed by atoms with van der Waals surface area (Å²) in [5.74, 6) is 1.01. The Bertz CT molecular complexity index is 855. The van der Waals surface area contributed by atoms with Crippen LogP contribution in [0.1, 0.15) is 26.4 Å². The number of thioether (sulfide) groups is 1. The van der Waals surface area contributed by atoms with Crippen LogP contribution >= 0.6 is 23.1 Å². The first-order chi connectivity index (χ1) is 11.3. The fourth-order valence-electron chi connectivity index (χ4n) is 2.74. The summed E-state index contributed by atoms with van der Waals surface area (Å²) in [7, 11) is 0. The zero-order valence-electron chi connectivity index (χ0n) is 12.4. The first-order valence-electron chi connectivity index (χ1n) is 7.47. The topological polar surface area (TPSA) is 29.1 Å². The minimum absolute atomic E-state index is 0.145. The zero-order chi connectivity index (χ0) is 15.6. The lowest BCUT2D eigenvalue weighted by molar-refractivity contribution is 0.104. The molecule has 0 bridgehead atoms. The number of ketones is 1. The minimum Gasteiger partial charge on any atom is -0.380 e. The highest BCUT2D eigenvalue weighted by atomic mass is 32.2. The first kappa shape index (κ1) is 14.5. The quantitative estimate of drug-likeness (QED) is 0.712. The van der Waals surface area contributed by atoms with Gasteiger partial charge in [0.1, 0.15) is 0 Å². The van der Waals surface area contributed by atoms with Crippen LogP contribution < -0.4 is 5.32 Å². The smallest absolute Gasteiger partial charge is 0.206 e. The van der Waals surface area contributed by atoms with Crippen molar-refractivity contribution >= 4 is 34.6 Å². The number of anilines is 1. The number of fused-ring (bicyclic) bond motifs is 2. The van der Waals surface area contributed by atoms with Crippen molar-refractivity contribution in [2.45, 2.75) is 17.2 Å². The van der Waals surface area contributed by atoms with Gasteiger partial charge in [-0.3, -0.25) is 4.79 Å². The van der Waals surface area contributed by atoms with E-state index in [2.05, 4.69) is 23.5 Å². The lowest BCUT2D eigenvalue weighted by Crippen LogP contribution is -2.08. The number of hydrogen-bond donors (Lipinski definition) is 1. The fraction of sp³-hybridized carbons (Fsp3) is 0.105. The van der Waals surface area contributed by atoms with Crippen molar-refractivity contribution in [2.75, 3.05) is 5.32 Å². The van der Waals surface area contributed by atoms with Gasteiger partial charge in [0.05, 0.1) is 10.4 Å². The average Bonchev–Trinajstić information content (AvgIpc) is 3.02. The van der Waals surface area contributed by atoms with Crippen LogP contribution in [0.15, 0.2) is 64.9 Å². The Labute approximate surface area is 143 Å². The molecule has 3 aromatic rings. The van der Waals surface area contributed by atoms with Gasteiger partial charge in [-0.25, -0.2) is 0 Å². The van der Waals surface area contributed by atoms with Crippen LogP contribution in [0.5, 0.6) is 0 Å². The Morgan fingerprint density at radius 3 is 2.74 bits per heavy atom. The van der Waals surface area contributed by atoms with Gasteiger partial charge < -0.3 is 5.32 Å². The van der Waals surface area contributed by atoms with Crippen LogP contribution in [-0.4, -0.2) is 5.78 Å². The van der Waals surface area contributed by atoms with Crippen LogP contribution in [0.25, 0.3) is 0 Å². The molecule has 2 heterocycles. The van der Waals surface area contributed by atoms with E-state index in [1.54, 1.807) is 23.1 Å². The lowest BCUT2D eigenvalue weighted by Gasteiger charge is -2.13. The van der Waals surface area contributed by atoms with Crippen molar-refractivity contribution < 1.29 is 4.79 Å². The molecule has 0 saturated heterocycles. The second kappa shape index (κ2) is 6.22. The molecule has 114 valence electrons. The molecule has 4 heteroatoms. The molecule has 2 nitrogen and oxygen atoms in total. The van der Waals surface area contributed by atoms with E-state index in [4.69, 9.17) is 0 Å². The van der Waals surface area contributed by atoms with E-state index >= 15 is 0 Å². The van der Waals surface area contributed by atoms with Crippen LogP contribution in [0, 0.1) is 0 Å². The molecule has 4 rings (SSSR count). The Morgan fingerprint density at radius 1 is 1.00 bits per heavy atom. The van der Waals surface area contributed by atoms with Gasteiger partial charge in [-0.15, -0.1) is 23.1 Å². The SMILES string of the molecule is O=C1c2sccc2CSc2cccc(NCc3ccccc3)c21. The molecule has 0 saturated carbocycles. The molecule has 1 aliphatic heterocycles. The van der Waals surface area contributed by atoms with Crippen molar-refractivity contribution in [3.8, 4) is 0 Å². The van der Waals surface area contributed by atoms with Gasteiger partial charge in [-0.2, -0.15) is 0 Å². The highest BCUT2D eigenvalue weighted by molar-refractivity contribution is 7.98. The number of rotatable bonds is 3. The van der Waals surface area contributed by atoms with Crippen molar-refractivity contribution in [3.05, 3.63) is 81.5 Å². The van der Waals surface area contributed by atoms with E-state index in [0.717, 1.165) is 32.3 Å². The molecule has 23 heavy (non-hydrogen) atoms. The van der Waals surface area contributed by atoms with E-state index in [9.17, 15) is 4.79 Å². The van der Waals surface area contributed by atoms with E-state index < -0.39 is 0 Å². The van der Waals surface area contributed by atoms with Gasteiger partial charge >= 0.3 is 0 Å².